The number of rotatable bonds is 4. The average Bonchev–Trinajstić information content (AvgIpc) is 2.86. The molecule has 2 atom stereocenters. The van der Waals surface area contributed by atoms with E-state index in [2.05, 4.69) is 0 Å². The minimum atomic E-state index is -1.90. The van der Waals surface area contributed by atoms with Crippen LogP contribution < -0.4 is 0 Å². The number of allylic oxidation sites excluding steroid dienone is 5. The van der Waals surface area contributed by atoms with Crippen molar-refractivity contribution in [1.82, 2.24) is 0 Å². The van der Waals surface area contributed by atoms with Gasteiger partial charge in [0.15, 0.2) is 5.79 Å². The molecule has 5 rings (SSSR count). The van der Waals surface area contributed by atoms with E-state index in [0.717, 1.165) is 27.8 Å². The number of benzene rings is 3. The van der Waals surface area contributed by atoms with Crippen LogP contribution in [0, 0.1) is 0 Å². The Hall–Kier alpha value is -3.86. The molecule has 0 fully saturated rings. The van der Waals surface area contributed by atoms with E-state index in [-0.39, 0.29) is 23.8 Å². The zero-order chi connectivity index (χ0) is 23.8. The molecule has 3 aromatic carbocycles. The maximum atomic E-state index is 11.2. The van der Waals surface area contributed by atoms with Crippen LogP contribution >= 0.6 is 0 Å². The SMILES string of the molecule is OC1=C(c2ccccc2)C(c2ccccc2)C(C2=CCC(O)(O)C=C2)(c2ccc(O)cc2)C=C1. The molecule has 2 aliphatic carbocycles. The molecule has 0 saturated heterocycles. The fourth-order valence-electron chi connectivity index (χ4n) is 5.14. The zero-order valence-corrected chi connectivity index (χ0v) is 18.5. The van der Waals surface area contributed by atoms with E-state index in [1.165, 1.54) is 6.08 Å². The lowest BCUT2D eigenvalue weighted by atomic mass is 9.57. The van der Waals surface area contributed by atoms with Gasteiger partial charge in [-0.05, 0) is 46.5 Å². The third kappa shape index (κ3) is 3.77. The Balaban J connectivity index is 1.83. The van der Waals surface area contributed by atoms with Crippen LogP contribution in [0.25, 0.3) is 5.57 Å². The van der Waals surface area contributed by atoms with E-state index in [1.807, 2.05) is 84.9 Å². The van der Waals surface area contributed by atoms with Gasteiger partial charge in [0.1, 0.15) is 11.5 Å². The summed E-state index contributed by atoms with van der Waals surface area (Å²) in [4.78, 5) is 0. The van der Waals surface area contributed by atoms with Crippen LogP contribution in [0.4, 0.5) is 0 Å². The summed E-state index contributed by atoms with van der Waals surface area (Å²) in [6, 6.07) is 26.9. The van der Waals surface area contributed by atoms with Crippen molar-refractivity contribution in [3.8, 4) is 5.75 Å². The van der Waals surface area contributed by atoms with Gasteiger partial charge >= 0.3 is 0 Å². The van der Waals surface area contributed by atoms with E-state index >= 15 is 0 Å². The Morgan fingerprint density at radius 1 is 0.706 bits per heavy atom. The Morgan fingerprint density at radius 3 is 1.97 bits per heavy atom. The van der Waals surface area contributed by atoms with Crippen molar-refractivity contribution in [2.24, 2.45) is 0 Å². The van der Waals surface area contributed by atoms with Crippen molar-refractivity contribution >= 4 is 5.57 Å². The van der Waals surface area contributed by atoms with Gasteiger partial charge in [-0.2, -0.15) is 0 Å². The fraction of sp³-hybridized carbons (Fsp3) is 0.133. The molecule has 4 N–H and O–H groups in total. The number of phenols is 1. The third-order valence-electron chi connectivity index (χ3n) is 6.72. The molecule has 0 amide bonds. The molecular weight excluding hydrogens is 424 g/mol. The van der Waals surface area contributed by atoms with E-state index in [9.17, 15) is 20.4 Å². The second-order valence-corrected chi connectivity index (χ2v) is 8.83. The molecule has 0 saturated carbocycles. The van der Waals surface area contributed by atoms with Crippen LogP contribution in [0.2, 0.25) is 0 Å². The Morgan fingerprint density at radius 2 is 1.35 bits per heavy atom. The summed E-state index contributed by atoms with van der Waals surface area (Å²) < 4.78 is 0. The van der Waals surface area contributed by atoms with Crippen LogP contribution in [0.3, 0.4) is 0 Å². The van der Waals surface area contributed by atoms with Crippen molar-refractivity contribution in [2.45, 2.75) is 23.5 Å². The number of aliphatic hydroxyl groups is 3. The molecule has 0 spiro atoms. The quantitative estimate of drug-likeness (QED) is 0.395. The maximum Gasteiger partial charge on any atom is 0.186 e. The first kappa shape index (κ1) is 22.0. The van der Waals surface area contributed by atoms with Gasteiger partial charge in [-0.1, -0.05) is 91.0 Å². The first-order valence-corrected chi connectivity index (χ1v) is 11.3. The highest BCUT2D eigenvalue weighted by Gasteiger charge is 2.47. The molecule has 0 heterocycles. The van der Waals surface area contributed by atoms with Crippen LogP contribution in [-0.2, 0) is 5.41 Å². The smallest absolute Gasteiger partial charge is 0.186 e. The zero-order valence-electron chi connectivity index (χ0n) is 18.5. The van der Waals surface area contributed by atoms with E-state index in [4.69, 9.17) is 0 Å². The van der Waals surface area contributed by atoms with E-state index in [1.54, 1.807) is 24.3 Å². The molecule has 4 nitrogen and oxygen atoms in total. The molecule has 0 bridgehead atoms. The molecule has 34 heavy (non-hydrogen) atoms. The van der Waals surface area contributed by atoms with Gasteiger partial charge < -0.3 is 20.4 Å². The lowest BCUT2D eigenvalue weighted by Gasteiger charge is -2.45. The minimum absolute atomic E-state index is 0.0460. The largest absolute Gasteiger partial charge is 0.508 e. The number of hydrogen-bond donors (Lipinski definition) is 4. The van der Waals surface area contributed by atoms with Gasteiger partial charge in [0.05, 0.1) is 0 Å². The first-order valence-electron chi connectivity index (χ1n) is 11.3. The van der Waals surface area contributed by atoms with Gasteiger partial charge in [-0.25, -0.2) is 0 Å². The third-order valence-corrected chi connectivity index (χ3v) is 6.72. The summed E-state index contributed by atoms with van der Waals surface area (Å²) in [7, 11) is 0. The molecule has 2 unspecified atom stereocenters. The van der Waals surface area contributed by atoms with Gasteiger partial charge in [-0.15, -0.1) is 0 Å². The van der Waals surface area contributed by atoms with Gasteiger partial charge in [0.2, 0.25) is 0 Å². The lowest BCUT2D eigenvalue weighted by molar-refractivity contribution is -0.115. The normalized spacial score (nSPS) is 23.6. The Kier molecular flexibility index (Phi) is 5.48. The monoisotopic (exact) mass is 450 g/mol. The van der Waals surface area contributed by atoms with Crippen molar-refractivity contribution in [2.75, 3.05) is 0 Å². The van der Waals surface area contributed by atoms with Crippen LogP contribution in [-0.4, -0.2) is 26.2 Å². The van der Waals surface area contributed by atoms with Crippen LogP contribution in [0.15, 0.2) is 127 Å². The summed E-state index contributed by atoms with van der Waals surface area (Å²) in [6.07, 6.45) is 8.75. The molecule has 0 aliphatic heterocycles. The summed E-state index contributed by atoms with van der Waals surface area (Å²) in [5.74, 6) is -1.88. The molecule has 4 heteroatoms. The number of phenolic OH excluding ortho intramolecular Hbond substituents is 1. The average molecular weight is 451 g/mol. The molecule has 2 aliphatic rings. The Labute approximate surface area is 198 Å². The summed E-state index contributed by atoms with van der Waals surface area (Å²) in [5.41, 5.74) is 3.70. The van der Waals surface area contributed by atoms with Crippen molar-refractivity contribution in [3.05, 3.63) is 143 Å². The van der Waals surface area contributed by atoms with E-state index < -0.39 is 11.2 Å². The number of aliphatic hydroxyl groups excluding tert-OH is 1. The predicted octanol–water partition coefficient (Wildman–Crippen LogP) is 5.52. The van der Waals surface area contributed by atoms with E-state index in [0.29, 0.717) is 0 Å². The molecule has 3 aromatic rings. The molecule has 0 aromatic heterocycles. The van der Waals surface area contributed by atoms with Crippen LogP contribution in [0.5, 0.6) is 5.75 Å². The minimum Gasteiger partial charge on any atom is -0.508 e. The fourth-order valence-corrected chi connectivity index (χ4v) is 5.14. The summed E-state index contributed by atoms with van der Waals surface area (Å²) >= 11 is 0. The second-order valence-electron chi connectivity index (χ2n) is 8.83. The van der Waals surface area contributed by atoms with Gasteiger partial charge in [0.25, 0.3) is 0 Å². The summed E-state index contributed by atoms with van der Waals surface area (Å²) in [5, 5.41) is 41.5. The number of aromatic hydroxyl groups is 1. The van der Waals surface area contributed by atoms with Crippen LogP contribution in [0.1, 0.15) is 29.0 Å². The van der Waals surface area contributed by atoms with Crippen molar-refractivity contribution in [3.63, 3.8) is 0 Å². The Bertz CT molecular complexity index is 1300. The maximum absolute atomic E-state index is 11.2. The standard InChI is InChI=1S/C30H26O4/c31-25-13-11-23(12-14-25)30(24-15-18-29(33,34)19-16-24)20-17-26(32)27(21-7-3-1-4-8-21)28(30)22-9-5-2-6-10-22/h1-18,20,28,31-34H,19H2. The van der Waals surface area contributed by atoms with Crippen molar-refractivity contribution in [1.29, 1.82) is 0 Å². The molecule has 170 valence electrons. The van der Waals surface area contributed by atoms with Gasteiger partial charge in [0, 0.05) is 23.3 Å². The van der Waals surface area contributed by atoms with Crippen molar-refractivity contribution < 1.29 is 20.4 Å². The lowest BCUT2D eigenvalue weighted by Crippen LogP contribution is -2.38. The highest BCUT2D eigenvalue weighted by molar-refractivity contribution is 5.81. The predicted molar refractivity (Wildman–Crippen MR) is 133 cm³/mol. The first-order chi connectivity index (χ1) is 16.4. The molecule has 0 radical (unpaired) electrons. The topological polar surface area (TPSA) is 80.9 Å². The second kappa shape index (κ2) is 8.49. The highest BCUT2D eigenvalue weighted by atomic mass is 16.5. The number of hydrogen-bond acceptors (Lipinski definition) is 4. The highest BCUT2D eigenvalue weighted by Crippen LogP contribution is 2.56. The van der Waals surface area contributed by atoms with Gasteiger partial charge in [-0.3, -0.25) is 0 Å². The molecular formula is C30H26O4. The summed E-state index contributed by atoms with van der Waals surface area (Å²) in [6.45, 7) is 0.